The van der Waals surface area contributed by atoms with E-state index in [1.54, 1.807) is 6.07 Å². The molecule has 0 bridgehead atoms. The molecule has 1 amide bonds. The van der Waals surface area contributed by atoms with Crippen molar-refractivity contribution in [3.8, 4) is 0 Å². The summed E-state index contributed by atoms with van der Waals surface area (Å²) in [5.41, 5.74) is 5.92. The zero-order valence-corrected chi connectivity index (χ0v) is 10.7. The van der Waals surface area contributed by atoms with E-state index in [0.717, 1.165) is 6.54 Å². The van der Waals surface area contributed by atoms with Crippen LogP contribution in [0.5, 0.6) is 0 Å². The van der Waals surface area contributed by atoms with E-state index in [9.17, 15) is 14.9 Å². The smallest absolute Gasteiger partial charge is 0.270 e. The van der Waals surface area contributed by atoms with Gasteiger partial charge in [0.05, 0.1) is 10.5 Å². The molecule has 0 saturated heterocycles. The van der Waals surface area contributed by atoms with Crippen LogP contribution in [-0.4, -0.2) is 24.4 Å². The van der Waals surface area contributed by atoms with Crippen LogP contribution in [0.2, 0.25) is 0 Å². The Bertz CT molecular complexity index is 472. The van der Waals surface area contributed by atoms with Gasteiger partial charge in [-0.25, -0.2) is 0 Å². The van der Waals surface area contributed by atoms with E-state index in [1.165, 1.54) is 12.1 Å². The van der Waals surface area contributed by atoms with Gasteiger partial charge in [-0.3, -0.25) is 14.9 Å². The third-order valence-corrected chi connectivity index (χ3v) is 2.51. The van der Waals surface area contributed by atoms with Crippen LogP contribution in [0.25, 0.3) is 0 Å². The first-order valence-corrected chi connectivity index (χ1v) is 5.62. The highest BCUT2D eigenvalue weighted by atomic mass is 16.6. The molecule has 0 fully saturated rings. The van der Waals surface area contributed by atoms with Crippen molar-refractivity contribution in [2.24, 2.45) is 11.7 Å². The van der Waals surface area contributed by atoms with Gasteiger partial charge in [0.2, 0.25) is 0 Å². The van der Waals surface area contributed by atoms with E-state index in [1.807, 2.05) is 25.8 Å². The molecule has 0 heterocycles. The minimum atomic E-state index is -0.663. The summed E-state index contributed by atoms with van der Waals surface area (Å²) in [6.07, 6.45) is 0. The summed E-state index contributed by atoms with van der Waals surface area (Å²) >= 11 is 0. The van der Waals surface area contributed by atoms with E-state index in [0.29, 0.717) is 11.6 Å². The van der Waals surface area contributed by atoms with Gasteiger partial charge < -0.3 is 10.6 Å². The Kier molecular flexibility index (Phi) is 4.25. The number of carbonyl (C=O) groups is 1. The Hall–Kier alpha value is -2.11. The van der Waals surface area contributed by atoms with Gasteiger partial charge in [0.25, 0.3) is 11.6 Å². The minimum absolute atomic E-state index is 0.134. The van der Waals surface area contributed by atoms with E-state index >= 15 is 0 Å². The van der Waals surface area contributed by atoms with Crippen molar-refractivity contribution < 1.29 is 9.72 Å². The fourth-order valence-corrected chi connectivity index (χ4v) is 1.81. The van der Waals surface area contributed by atoms with E-state index < -0.39 is 10.8 Å². The second-order valence-electron chi connectivity index (χ2n) is 4.60. The Morgan fingerprint density at radius 3 is 2.56 bits per heavy atom. The summed E-state index contributed by atoms with van der Waals surface area (Å²) in [5, 5.41) is 10.7. The zero-order valence-electron chi connectivity index (χ0n) is 10.7. The standard InChI is InChI=1S/C12H17N3O3/c1-8(2)7-14(3)11-5-4-9(15(17)18)6-10(11)12(13)16/h4-6,8H,7H2,1-3H3,(H2,13,16). The van der Waals surface area contributed by atoms with Gasteiger partial charge in [-0.05, 0) is 12.0 Å². The van der Waals surface area contributed by atoms with Crippen LogP contribution in [0.4, 0.5) is 11.4 Å². The molecule has 0 radical (unpaired) electrons. The molecule has 0 aliphatic carbocycles. The predicted molar refractivity (Wildman–Crippen MR) is 69.7 cm³/mol. The molecule has 0 aromatic heterocycles. The predicted octanol–water partition coefficient (Wildman–Crippen LogP) is 1.79. The summed E-state index contributed by atoms with van der Waals surface area (Å²) in [5.74, 6) is -0.254. The molecule has 0 spiro atoms. The molecule has 98 valence electrons. The minimum Gasteiger partial charge on any atom is -0.374 e. The van der Waals surface area contributed by atoms with E-state index in [2.05, 4.69) is 0 Å². The molecule has 0 aliphatic rings. The molecule has 1 rings (SSSR count). The molecular weight excluding hydrogens is 234 g/mol. The number of benzene rings is 1. The van der Waals surface area contributed by atoms with Crippen molar-refractivity contribution in [2.75, 3.05) is 18.5 Å². The van der Waals surface area contributed by atoms with Crippen LogP contribution in [-0.2, 0) is 0 Å². The lowest BCUT2D eigenvalue weighted by atomic mass is 10.1. The number of carbonyl (C=O) groups excluding carboxylic acids is 1. The summed E-state index contributed by atoms with van der Waals surface area (Å²) in [4.78, 5) is 23.4. The Morgan fingerprint density at radius 1 is 1.50 bits per heavy atom. The molecule has 6 nitrogen and oxygen atoms in total. The van der Waals surface area contributed by atoms with Gasteiger partial charge in [0.1, 0.15) is 0 Å². The lowest BCUT2D eigenvalue weighted by Crippen LogP contribution is -2.26. The van der Waals surface area contributed by atoms with E-state index in [-0.39, 0.29) is 11.3 Å². The van der Waals surface area contributed by atoms with Crippen LogP contribution >= 0.6 is 0 Å². The number of hydrogen-bond acceptors (Lipinski definition) is 4. The Balaban J connectivity index is 3.19. The quantitative estimate of drug-likeness (QED) is 0.638. The first kappa shape index (κ1) is 14.0. The first-order chi connectivity index (χ1) is 8.32. The van der Waals surface area contributed by atoms with Crippen LogP contribution in [0.15, 0.2) is 18.2 Å². The first-order valence-electron chi connectivity index (χ1n) is 5.62. The average Bonchev–Trinajstić information content (AvgIpc) is 2.26. The maximum Gasteiger partial charge on any atom is 0.270 e. The second kappa shape index (κ2) is 5.48. The number of nitro groups is 1. The number of anilines is 1. The molecule has 0 saturated carbocycles. The van der Waals surface area contributed by atoms with Crippen LogP contribution in [0, 0.1) is 16.0 Å². The highest BCUT2D eigenvalue weighted by Gasteiger charge is 2.17. The largest absolute Gasteiger partial charge is 0.374 e. The highest BCUT2D eigenvalue weighted by Crippen LogP contribution is 2.25. The lowest BCUT2D eigenvalue weighted by molar-refractivity contribution is -0.384. The molecule has 18 heavy (non-hydrogen) atoms. The van der Waals surface area contributed by atoms with Gasteiger partial charge in [-0.2, -0.15) is 0 Å². The molecule has 0 aliphatic heterocycles. The maximum atomic E-state index is 11.4. The normalized spacial score (nSPS) is 10.4. The topological polar surface area (TPSA) is 89.5 Å². The maximum absolute atomic E-state index is 11.4. The monoisotopic (exact) mass is 251 g/mol. The summed E-state index contributed by atoms with van der Waals surface area (Å²) in [6.45, 7) is 4.83. The van der Waals surface area contributed by atoms with Crippen LogP contribution in [0.1, 0.15) is 24.2 Å². The zero-order chi connectivity index (χ0) is 13.9. The lowest BCUT2D eigenvalue weighted by Gasteiger charge is -2.23. The number of amides is 1. The summed E-state index contributed by atoms with van der Waals surface area (Å²) < 4.78 is 0. The molecule has 0 unspecified atom stereocenters. The highest BCUT2D eigenvalue weighted by molar-refractivity contribution is 5.99. The molecule has 2 N–H and O–H groups in total. The van der Waals surface area contributed by atoms with Crippen molar-refractivity contribution in [1.82, 2.24) is 0 Å². The third-order valence-electron chi connectivity index (χ3n) is 2.51. The number of non-ortho nitro benzene ring substituents is 1. The number of primary amides is 1. The fraction of sp³-hybridized carbons (Fsp3) is 0.417. The number of nitrogens with two attached hydrogens (primary N) is 1. The molecule has 0 atom stereocenters. The number of nitrogens with zero attached hydrogens (tertiary/aromatic N) is 2. The number of hydrogen-bond donors (Lipinski definition) is 1. The molecule has 1 aromatic carbocycles. The van der Waals surface area contributed by atoms with Crippen molar-refractivity contribution in [3.05, 3.63) is 33.9 Å². The van der Waals surface area contributed by atoms with Crippen molar-refractivity contribution in [3.63, 3.8) is 0 Å². The van der Waals surface area contributed by atoms with Crippen molar-refractivity contribution in [1.29, 1.82) is 0 Å². The Labute approximate surface area is 106 Å². The van der Waals surface area contributed by atoms with Crippen LogP contribution in [0.3, 0.4) is 0 Å². The van der Waals surface area contributed by atoms with Crippen LogP contribution < -0.4 is 10.6 Å². The average molecular weight is 251 g/mol. The molecule has 6 heteroatoms. The van der Waals surface area contributed by atoms with E-state index in [4.69, 9.17) is 5.73 Å². The van der Waals surface area contributed by atoms with Gasteiger partial charge in [-0.15, -0.1) is 0 Å². The SMILES string of the molecule is CC(C)CN(C)c1ccc([N+](=O)[O-])cc1C(N)=O. The van der Waals surface area contributed by atoms with Gasteiger partial charge >= 0.3 is 0 Å². The third kappa shape index (κ3) is 3.19. The van der Waals surface area contributed by atoms with Gasteiger partial charge in [0, 0.05) is 31.4 Å². The summed E-state index contributed by atoms with van der Waals surface area (Å²) in [7, 11) is 1.83. The Morgan fingerprint density at radius 2 is 2.11 bits per heavy atom. The molecule has 1 aromatic rings. The fourth-order valence-electron chi connectivity index (χ4n) is 1.81. The second-order valence-corrected chi connectivity index (χ2v) is 4.60. The van der Waals surface area contributed by atoms with Crippen molar-refractivity contribution >= 4 is 17.3 Å². The van der Waals surface area contributed by atoms with Crippen molar-refractivity contribution in [2.45, 2.75) is 13.8 Å². The molecular formula is C12H17N3O3. The van der Waals surface area contributed by atoms with Gasteiger partial charge in [-0.1, -0.05) is 13.8 Å². The number of nitro benzene ring substituents is 1. The van der Waals surface area contributed by atoms with Gasteiger partial charge in [0.15, 0.2) is 0 Å². The summed E-state index contributed by atoms with van der Waals surface area (Å²) in [6, 6.07) is 4.15. The number of rotatable bonds is 5.